The van der Waals surface area contributed by atoms with Crippen molar-refractivity contribution in [1.82, 2.24) is 9.55 Å². The molecule has 1 aliphatic heterocycles. The van der Waals surface area contributed by atoms with Gasteiger partial charge < -0.3 is 14.0 Å². The fraction of sp³-hybridized carbons (Fsp3) is 0.375. The van der Waals surface area contributed by atoms with Crippen LogP contribution in [0.25, 0.3) is 5.69 Å². The van der Waals surface area contributed by atoms with E-state index in [1.807, 2.05) is 29.8 Å². The summed E-state index contributed by atoms with van der Waals surface area (Å²) in [6.07, 6.45) is 7.57. The minimum Gasteiger partial charge on any atom is -0.459 e. The molecular formula is C16H18N2O3. The molecule has 0 amide bonds. The van der Waals surface area contributed by atoms with E-state index in [0.717, 1.165) is 18.5 Å². The molecule has 2 heterocycles. The Hall–Kier alpha value is -2.14. The molecule has 1 aromatic heterocycles. The number of carbonyl (C=O) groups is 1. The molecule has 1 aromatic carbocycles. The zero-order valence-electron chi connectivity index (χ0n) is 11.9. The Bertz CT molecular complexity index is 592. The molecule has 5 nitrogen and oxygen atoms in total. The third kappa shape index (κ3) is 3.31. The average molecular weight is 286 g/mol. The van der Waals surface area contributed by atoms with Crippen LogP contribution in [0.2, 0.25) is 0 Å². The second kappa shape index (κ2) is 6.10. The highest BCUT2D eigenvalue weighted by Crippen LogP contribution is 2.19. The van der Waals surface area contributed by atoms with Crippen molar-refractivity contribution in [2.45, 2.75) is 32.0 Å². The molecule has 0 aliphatic carbocycles. The minimum absolute atomic E-state index is 0.0363. The van der Waals surface area contributed by atoms with Gasteiger partial charge in [-0.05, 0) is 44.0 Å². The van der Waals surface area contributed by atoms with E-state index in [9.17, 15) is 4.79 Å². The number of ether oxygens (including phenoxy) is 2. The van der Waals surface area contributed by atoms with Crippen LogP contribution in [0.1, 0.15) is 30.1 Å². The number of rotatable bonds is 4. The van der Waals surface area contributed by atoms with Gasteiger partial charge in [0.2, 0.25) is 0 Å². The number of aromatic nitrogens is 2. The summed E-state index contributed by atoms with van der Waals surface area (Å²) in [7, 11) is 0. The van der Waals surface area contributed by atoms with Crippen LogP contribution in [0.3, 0.4) is 0 Å². The molecule has 1 saturated heterocycles. The quantitative estimate of drug-likeness (QED) is 0.811. The lowest BCUT2D eigenvalue weighted by Gasteiger charge is -2.11. The summed E-state index contributed by atoms with van der Waals surface area (Å²) in [5, 5.41) is 0. The second-order valence-corrected chi connectivity index (χ2v) is 5.26. The predicted octanol–water partition coefficient (Wildman–Crippen LogP) is 2.60. The standard InChI is InChI=1S/C16H18N2O3/c1-12-2-7-15(21-12)10-20-16(19)13-3-5-14(6-4-13)18-9-8-17-11-18/h3-6,8-9,11-12,15H,2,7,10H2,1H3/t12-,15+/m1/s1. The smallest absolute Gasteiger partial charge is 0.338 e. The first-order valence-electron chi connectivity index (χ1n) is 7.13. The normalized spacial score (nSPS) is 21.4. The number of hydrogen-bond acceptors (Lipinski definition) is 4. The van der Waals surface area contributed by atoms with Crippen molar-refractivity contribution in [2.75, 3.05) is 6.61 Å². The Balaban J connectivity index is 1.57. The van der Waals surface area contributed by atoms with Gasteiger partial charge in [-0.3, -0.25) is 0 Å². The van der Waals surface area contributed by atoms with Crippen molar-refractivity contribution in [2.24, 2.45) is 0 Å². The lowest BCUT2D eigenvalue weighted by Crippen LogP contribution is -2.19. The predicted molar refractivity (Wildman–Crippen MR) is 77.4 cm³/mol. The van der Waals surface area contributed by atoms with Crippen molar-refractivity contribution in [3.8, 4) is 5.69 Å². The minimum atomic E-state index is -0.310. The van der Waals surface area contributed by atoms with Crippen LogP contribution >= 0.6 is 0 Å². The number of esters is 1. The number of benzene rings is 1. The summed E-state index contributed by atoms with van der Waals surface area (Å²) in [6, 6.07) is 7.25. The number of hydrogen-bond donors (Lipinski definition) is 0. The largest absolute Gasteiger partial charge is 0.459 e. The van der Waals surface area contributed by atoms with Crippen LogP contribution in [0.4, 0.5) is 0 Å². The fourth-order valence-corrected chi connectivity index (χ4v) is 2.44. The summed E-state index contributed by atoms with van der Waals surface area (Å²) in [6.45, 7) is 2.36. The van der Waals surface area contributed by atoms with Gasteiger partial charge in [-0.2, -0.15) is 0 Å². The van der Waals surface area contributed by atoms with Gasteiger partial charge in [-0.1, -0.05) is 0 Å². The van der Waals surface area contributed by atoms with Gasteiger partial charge in [0.25, 0.3) is 0 Å². The maximum absolute atomic E-state index is 12.0. The summed E-state index contributed by atoms with van der Waals surface area (Å²) in [4.78, 5) is 16.0. The van der Waals surface area contributed by atoms with Crippen molar-refractivity contribution < 1.29 is 14.3 Å². The summed E-state index contributed by atoms with van der Waals surface area (Å²) < 4.78 is 12.8. The van der Waals surface area contributed by atoms with Gasteiger partial charge in [0.1, 0.15) is 6.61 Å². The molecule has 0 saturated carbocycles. The second-order valence-electron chi connectivity index (χ2n) is 5.26. The highest BCUT2D eigenvalue weighted by molar-refractivity contribution is 5.89. The molecule has 0 spiro atoms. The van der Waals surface area contributed by atoms with Crippen molar-refractivity contribution in [3.05, 3.63) is 48.5 Å². The van der Waals surface area contributed by atoms with E-state index in [-0.39, 0.29) is 18.2 Å². The van der Waals surface area contributed by atoms with E-state index < -0.39 is 0 Å². The van der Waals surface area contributed by atoms with Crippen LogP contribution in [-0.2, 0) is 9.47 Å². The fourth-order valence-electron chi connectivity index (χ4n) is 2.44. The van der Waals surface area contributed by atoms with Crippen LogP contribution in [0, 0.1) is 0 Å². The molecule has 110 valence electrons. The van der Waals surface area contributed by atoms with Gasteiger partial charge in [-0.25, -0.2) is 9.78 Å². The van der Waals surface area contributed by atoms with Crippen molar-refractivity contribution in [1.29, 1.82) is 0 Å². The number of nitrogens with zero attached hydrogens (tertiary/aromatic N) is 2. The van der Waals surface area contributed by atoms with Crippen LogP contribution in [0.5, 0.6) is 0 Å². The van der Waals surface area contributed by atoms with E-state index in [1.165, 1.54) is 0 Å². The molecule has 0 bridgehead atoms. The molecular weight excluding hydrogens is 268 g/mol. The molecule has 2 aromatic rings. The molecule has 3 rings (SSSR count). The van der Waals surface area contributed by atoms with Gasteiger partial charge in [0, 0.05) is 18.1 Å². The van der Waals surface area contributed by atoms with E-state index in [0.29, 0.717) is 12.2 Å². The van der Waals surface area contributed by atoms with E-state index in [2.05, 4.69) is 4.98 Å². The molecule has 0 unspecified atom stereocenters. The molecule has 0 radical (unpaired) electrons. The molecule has 21 heavy (non-hydrogen) atoms. The highest BCUT2D eigenvalue weighted by atomic mass is 16.6. The van der Waals surface area contributed by atoms with Crippen molar-refractivity contribution >= 4 is 5.97 Å². The SMILES string of the molecule is C[C@@H]1CC[C@@H](COC(=O)c2ccc(-n3ccnc3)cc2)O1. The molecule has 2 atom stereocenters. The number of carbonyl (C=O) groups excluding carboxylic acids is 1. The third-order valence-corrected chi connectivity index (χ3v) is 3.63. The maximum Gasteiger partial charge on any atom is 0.338 e. The first-order chi connectivity index (χ1) is 10.2. The summed E-state index contributed by atoms with van der Waals surface area (Å²) in [5.74, 6) is -0.310. The molecule has 1 fully saturated rings. The van der Waals surface area contributed by atoms with Gasteiger partial charge in [0.15, 0.2) is 0 Å². The Morgan fingerprint density at radius 3 is 2.81 bits per heavy atom. The summed E-state index contributed by atoms with van der Waals surface area (Å²) >= 11 is 0. The molecule has 0 N–H and O–H groups in total. The third-order valence-electron chi connectivity index (χ3n) is 3.63. The van der Waals surface area contributed by atoms with E-state index >= 15 is 0 Å². The number of imidazole rings is 1. The monoisotopic (exact) mass is 286 g/mol. The van der Waals surface area contributed by atoms with E-state index in [1.54, 1.807) is 24.7 Å². The lowest BCUT2D eigenvalue weighted by molar-refractivity contribution is -0.00265. The Morgan fingerprint density at radius 1 is 1.38 bits per heavy atom. The van der Waals surface area contributed by atoms with Crippen LogP contribution in [-0.4, -0.2) is 34.3 Å². The first-order valence-corrected chi connectivity index (χ1v) is 7.13. The van der Waals surface area contributed by atoms with Crippen LogP contribution < -0.4 is 0 Å². The zero-order valence-corrected chi connectivity index (χ0v) is 11.9. The molecule has 1 aliphatic rings. The average Bonchev–Trinajstić information content (AvgIpc) is 3.16. The lowest BCUT2D eigenvalue weighted by atomic mass is 10.2. The van der Waals surface area contributed by atoms with Gasteiger partial charge in [0.05, 0.1) is 24.1 Å². The van der Waals surface area contributed by atoms with Gasteiger partial charge >= 0.3 is 5.97 Å². The Kier molecular flexibility index (Phi) is 4.01. The maximum atomic E-state index is 12.0. The zero-order chi connectivity index (χ0) is 14.7. The first kappa shape index (κ1) is 13.8. The van der Waals surface area contributed by atoms with Gasteiger partial charge in [-0.15, -0.1) is 0 Å². The Labute approximate surface area is 123 Å². The Morgan fingerprint density at radius 2 is 2.19 bits per heavy atom. The topological polar surface area (TPSA) is 53.4 Å². The van der Waals surface area contributed by atoms with Crippen LogP contribution in [0.15, 0.2) is 43.0 Å². The molecule has 5 heteroatoms. The van der Waals surface area contributed by atoms with Crippen molar-refractivity contribution in [3.63, 3.8) is 0 Å². The summed E-state index contributed by atoms with van der Waals surface area (Å²) in [5.41, 5.74) is 1.50. The van der Waals surface area contributed by atoms with E-state index in [4.69, 9.17) is 9.47 Å². The highest BCUT2D eigenvalue weighted by Gasteiger charge is 2.23.